The summed E-state index contributed by atoms with van der Waals surface area (Å²) in [5.41, 5.74) is 0.432. The fourth-order valence-corrected chi connectivity index (χ4v) is 2.41. The molecule has 2 aromatic rings. The Morgan fingerprint density at radius 3 is 2.50 bits per heavy atom. The summed E-state index contributed by atoms with van der Waals surface area (Å²) in [6.45, 7) is 0. The Bertz CT molecular complexity index is 621. The fraction of sp³-hybridized carbons (Fsp3) is 0. The van der Waals surface area contributed by atoms with Crippen LogP contribution in [0.4, 0.5) is 5.69 Å². The molecule has 0 radical (unpaired) electrons. The quantitative estimate of drug-likeness (QED) is 0.621. The maximum absolute atomic E-state index is 10.9. The number of hydrogen-bond acceptors (Lipinski definition) is 4. The molecule has 2 aromatic carbocycles. The summed E-state index contributed by atoms with van der Waals surface area (Å²) in [4.78, 5) is 11.9. The first-order valence-corrected chi connectivity index (χ1v) is 5.94. The van der Waals surface area contributed by atoms with Gasteiger partial charge in [0.2, 0.25) is 0 Å². The lowest BCUT2D eigenvalue weighted by atomic mass is 10.2. The first-order valence-electron chi connectivity index (χ1n) is 5.12. The lowest BCUT2D eigenvalue weighted by Crippen LogP contribution is -1.91. The van der Waals surface area contributed by atoms with Crippen LogP contribution in [0.2, 0.25) is 0 Å². The highest BCUT2D eigenvalue weighted by atomic mass is 32.2. The Morgan fingerprint density at radius 1 is 1.17 bits per heavy atom. The van der Waals surface area contributed by atoms with Crippen molar-refractivity contribution in [2.45, 2.75) is 9.79 Å². The molecule has 0 aliphatic rings. The lowest BCUT2D eigenvalue weighted by Gasteiger charge is -2.03. The van der Waals surface area contributed by atoms with Crippen molar-refractivity contribution in [3.05, 3.63) is 64.2 Å². The van der Waals surface area contributed by atoms with E-state index in [0.29, 0.717) is 10.5 Å². The zero-order valence-corrected chi connectivity index (χ0v) is 10.1. The third-order valence-corrected chi connectivity index (χ3v) is 3.31. The number of nitro groups is 1. The van der Waals surface area contributed by atoms with Crippen LogP contribution >= 0.6 is 11.8 Å². The first-order chi connectivity index (χ1) is 8.70. The van der Waals surface area contributed by atoms with Gasteiger partial charge in [-0.2, -0.15) is 5.26 Å². The Morgan fingerprint density at radius 2 is 1.89 bits per heavy atom. The van der Waals surface area contributed by atoms with E-state index in [4.69, 9.17) is 5.26 Å². The van der Waals surface area contributed by atoms with Crippen molar-refractivity contribution in [1.82, 2.24) is 0 Å². The third-order valence-electron chi connectivity index (χ3n) is 2.26. The molecular weight excluding hydrogens is 248 g/mol. The van der Waals surface area contributed by atoms with Gasteiger partial charge < -0.3 is 0 Å². The van der Waals surface area contributed by atoms with Crippen molar-refractivity contribution in [1.29, 1.82) is 5.26 Å². The molecule has 0 aromatic heterocycles. The van der Waals surface area contributed by atoms with Crippen LogP contribution in [-0.4, -0.2) is 4.92 Å². The van der Waals surface area contributed by atoms with Crippen LogP contribution in [0.25, 0.3) is 0 Å². The van der Waals surface area contributed by atoms with Crippen LogP contribution in [-0.2, 0) is 0 Å². The minimum atomic E-state index is -0.438. The number of nitro benzene ring substituents is 1. The number of nitrogens with zero attached hydrogens (tertiary/aromatic N) is 2. The molecule has 2 rings (SSSR count). The molecule has 0 heterocycles. The highest BCUT2D eigenvalue weighted by Crippen LogP contribution is 2.35. The lowest BCUT2D eigenvalue weighted by molar-refractivity contribution is -0.387. The highest BCUT2D eigenvalue weighted by Gasteiger charge is 2.15. The van der Waals surface area contributed by atoms with E-state index in [1.54, 1.807) is 0 Å². The van der Waals surface area contributed by atoms with Crippen LogP contribution in [0.5, 0.6) is 0 Å². The predicted molar refractivity (Wildman–Crippen MR) is 68.4 cm³/mol. The van der Waals surface area contributed by atoms with Gasteiger partial charge in [-0.3, -0.25) is 10.1 Å². The van der Waals surface area contributed by atoms with Gasteiger partial charge in [0.15, 0.2) is 0 Å². The van der Waals surface area contributed by atoms with Gasteiger partial charge in [0.25, 0.3) is 5.69 Å². The summed E-state index contributed by atoms with van der Waals surface area (Å²) in [6, 6.07) is 15.7. The zero-order chi connectivity index (χ0) is 13.0. The van der Waals surface area contributed by atoms with Crippen molar-refractivity contribution in [3.63, 3.8) is 0 Å². The average molecular weight is 256 g/mol. The van der Waals surface area contributed by atoms with E-state index in [2.05, 4.69) is 0 Å². The van der Waals surface area contributed by atoms with Crippen molar-refractivity contribution < 1.29 is 4.92 Å². The van der Waals surface area contributed by atoms with Gasteiger partial charge in [0.1, 0.15) is 0 Å². The van der Waals surface area contributed by atoms with Gasteiger partial charge in [0.05, 0.1) is 21.5 Å². The normalized spacial score (nSPS) is 9.72. The van der Waals surface area contributed by atoms with Crippen LogP contribution in [0, 0.1) is 21.4 Å². The number of nitriles is 1. The van der Waals surface area contributed by atoms with E-state index < -0.39 is 4.92 Å². The number of rotatable bonds is 3. The number of benzene rings is 2. The summed E-state index contributed by atoms with van der Waals surface area (Å²) >= 11 is 1.28. The van der Waals surface area contributed by atoms with Crippen LogP contribution in [0.15, 0.2) is 58.3 Å². The van der Waals surface area contributed by atoms with Crippen LogP contribution in [0.1, 0.15) is 5.56 Å². The fourth-order valence-electron chi connectivity index (χ4n) is 1.43. The molecule has 18 heavy (non-hydrogen) atoms. The van der Waals surface area contributed by atoms with Crippen molar-refractivity contribution in [2.75, 3.05) is 0 Å². The maximum Gasteiger partial charge on any atom is 0.283 e. The van der Waals surface area contributed by atoms with Crippen molar-refractivity contribution >= 4 is 17.4 Å². The summed E-state index contributed by atoms with van der Waals surface area (Å²) < 4.78 is 0. The van der Waals surface area contributed by atoms with Gasteiger partial charge in [0, 0.05) is 11.0 Å². The molecule has 4 nitrogen and oxygen atoms in total. The molecule has 0 fully saturated rings. The molecule has 88 valence electrons. The highest BCUT2D eigenvalue weighted by molar-refractivity contribution is 7.99. The Kier molecular flexibility index (Phi) is 3.60. The Balaban J connectivity index is 2.42. The Labute approximate surface area is 108 Å². The predicted octanol–water partition coefficient (Wildman–Crippen LogP) is 3.62. The monoisotopic (exact) mass is 256 g/mol. The standard InChI is InChI=1S/C13H8N2O2S/c14-9-10-6-7-12(15(16)17)13(8-10)18-11-4-2-1-3-5-11/h1-8H. The van der Waals surface area contributed by atoms with Crippen molar-refractivity contribution in [2.24, 2.45) is 0 Å². The molecule has 0 N–H and O–H groups in total. The second-order valence-corrected chi connectivity index (χ2v) is 4.58. The minimum absolute atomic E-state index is 0.0165. The molecule has 5 heteroatoms. The van der Waals surface area contributed by atoms with Crippen LogP contribution < -0.4 is 0 Å². The SMILES string of the molecule is N#Cc1ccc([N+](=O)[O-])c(Sc2ccccc2)c1. The van der Waals surface area contributed by atoms with Gasteiger partial charge in [-0.05, 0) is 24.3 Å². The van der Waals surface area contributed by atoms with Gasteiger partial charge in [-0.15, -0.1) is 0 Å². The summed E-state index contributed by atoms with van der Waals surface area (Å²) in [6.07, 6.45) is 0. The van der Waals surface area contributed by atoms with Gasteiger partial charge in [-0.1, -0.05) is 30.0 Å². The topological polar surface area (TPSA) is 66.9 Å². The summed E-state index contributed by atoms with van der Waals surface area (Å²) in [7, 11) is 0. The van der Waals surface area contributed by atoms with E-state index >= 15 is 0 Å². The minimum Gasteiger partial charge on any atom is -0.258 e. The molecular formula is C13H8N2O2S. The molecule has 0 saturated carbocycles. The average Bonchev–Trinajstić information content (AvgIpc) is 2.39. The molecule has 0 saturated heterocycles. The van der Waals surface area contributed by atoms with E-state index in [1.165, 1.54) is 30.0 Å². The van der Waals surface area contributed by atoms with E-state index in [1.807, 2.05) is 36.4 Å². The summed E-state index contributed by atoms with van der Waals surface area (Å²) in [5.74, 6) is 0. The summed E-state index contributed by atoms with van der Waals surface area (Å²) in [5, 5.41) is 19.7. The van der Waals surface area contributed by atoms with Gasteiger partial charge in [-0.25, -0.2) is 0 Å². The molecule has 0 amide bonds. The molecule has 0 atom stereocenters. The maximum atomic E-state index is 10.9. The van der Waals surface area contributed by atoms with Crippen molar-refractivity contribution in [3.8, 4) is 6.07 Å². The second kappa shape index (κ2) is 5.34. The van der Waals surface area contributed by atoms with E-state index in [0.717, 1.165) is 4.90 Å². The van der Waals surface area contributed by atoms with E-state index in [9.17, 15) is 10.1 Å². The molecule has 0 aliphatic carbocycles. The molecule has 0 aliphatic heterocycles. The molecule has 0 spiro atoms. The smallest absolute Gasteiger partial charge is 0.258 e. The van der Waals surface area contributed by atoms with E-state index in [-0.39, 0.29) is 5.69 Å². The zero-order valence-electron chi connectivity index (χ0n) is 9.24. The van der Waals surface area contributed by atoms with Crippen LogP contribution in [0.3, 0.4) is 0 Å². The molecule has 0 unspecified atom stereocenters. The second-order valence-electron chi connectivity index (χ2n) is 3.47. The molecule has 0 bridgehead atoms. The Hall–Kier alpha value is -2.32. The largest absolute Gasteiger partial charge is 0.283 e. The third kappa shape index (κ3) is 2.67. The number of hydrogen-bond donors (Lipinski definition) is 0. The van der Waals surface area contributed by atoms with Gasteiger partial charge >= 0.3 is 0 Å². The first kappa shape index (κ1) is 12.1.